The van der Waals surface area contributed by atoms with Crippen LogP contribution in [0.4, 0.5) is 11.4 Å². The highest BCUT2D eigenvalue weighted by Crippen LogP contribution is 2.23. The van der Waals surface area contributed by atoms with E-state index in [0.717, 1.165) is 52.9 Å². The Morgan fingerprint density at radius 1 is 0.966 bits per heavy atom. The minimum absolute atomic E-state index is 0.00894. The molecule has 2 aromatic rings. The Bertz CT molecular complexity index is 905. The van der Waals surface area contributed by atoms with Gasteiger partial charge in [-0.3, -0.25) is 14.5 Å². The normalized spacial score (nSPS) is 15.2. The molecule has 1 saturated heterocycles. The Kier molecular flexibility index (Phi) is 7.09. The summed E-state index contributed by atoms with van der Waals surface area (Å²) in [5, 5.41) is 6.05. The maximum absolute atomic E-state index is 12.6. The number of amides is 2. The van der Waals surface area contributed by atoms with E-state index >= 15 is 0 Å². The van der Waals surface area contributed by atoms with Gasteiger partial charge in [-0.05, 0) is 82.1 Å². The first-order valence-electron chi connectivity index (χ1n) is 9.98. The highest BCUT2D eigenvalue weighted by molar-refractivity contribution is 9.10. The topological polar surface area (TPSA) is 61.4 Å². The van der Waals surface area contributed by atoms with E-state index in [2.05, 4.69) is 37.5 Å². The van der Waals surface area contributed by atoms with Gasteiger partial charge in [0.15, 0.2) is 0 Å². The molecule has 1 fully saturated rings. The quantitative estimate of drug-likeness (QED) is 0.685. The average molecular weight is 458 g/mol. The van der Waals surface area contributed by atoms with Gasteiger partial charge in [-0.1, -0.05) is 33.6 Å². The molecule has 0 aliphatic carbocycles. The van der Waals surface area contributed by atoms with Crippen molar-refractivity contribution in [3.8, 4) is 0 Å². The number of carbonyl (C=O) groups is 2. The lowest BCUT2D eigenvalue weighted by molar-refractivity contribution is -0.121. The Hall–Kier alpha value is -2.18. The summed E-state index contributed by atoms with van der Waals surface area (Å²) in [5.41, 5.74) is 5.00. The molecule has 2 amide bonds. The van der Waals surface area contributed by atoms with Gasteiger partial charge in [0.2, 0.25) is 11.8 Å². The predicted octanol–water partition coefficient (Wildman–Crippen LogP) is 4.66. The first kappa shape index (κ1) is 21.5. The molecule has 1 aliphatic heterocycles. The van der Waals surface area contributed by atoms with Crippen molar-refractivity contribution in [2.75, 3.05) is 30.3 Å². The second-order valence-corrected chi connectivity index (χ2v) is 8.78. The molecule has 0 saturated carbocycles. The molecule has 2 N–H and O–H groups in total. The van der Waals surface area contributed by atoms with E-state index in [-0.39, 0.29) is 17.7 Å². The molecule has 3 rings (SSSR count). The zero-order valence-electron chi connectivity index (χ0n) is 17.2. The lowest BCUT2D eigenvalue weighted by atomic mass is 9.95. The van der Waals surface area contributed by atoms with E-state index in [1.807, 2.05) is 51.1 Å². The van der Waals surface area contributed by atoms with Crippen LogP contribution >= 0.6 is 15.9 Å². The molecule has 0 spiro atoms. The minimum atomic E-state index is -0.0169. The number of piperidine rings is 1. The average Bonchev–Trinajstić information content (AvgIpc) is 2.67. The van der Waals surface area contributed by atoms with Gasteiger partial charge >= 0.3 is 0 Å². The van der Waals surface area contributed by atoms with Crippen LogP contribution in [-0.4, -0.2) is 36.3 Å². The van der Waals surface area contributed by atoms with Crippen LogP contribution in [0.25, 0.3) is 0 Å². The summed E-state index contributed by atoms with van der Waals surface area (Å²) in [6.45, 7) is 7.87. The van der Waals surface area contributed by atoms with Crippen molar-refractivity contribution in [1.29, 1.82) is 0 Å². The number of hydrogen-bond donors (Lipinski definition) is 2. The molecule has 1 heterocycles. The van der Waals surface area contributed by atoms with E-state index in [1.165, 1.54) is 5.56 Å². The predicted molar refractivity (Wildman–Crippen MR) is 121 cm³/mol. The van der Waals surface area contributed by atoms with Crippen molar-refractivity contribution in [3.05, 3.63) is 57.6 Å². The third-order valence-electron chi connectivity index (χ3n) is 5.43. The van der Waals surface area contributed by atoms with Crippen LogP contribution < -0.4 is 10.6 Å². The second kappa shape index (κ2) is 9.55. The third kappa shape index (κ3) is 5.90. The Balaban J connectivity index is 1.47. The number of likely N-dealkylation sites (tertiary alicyclic amines) is 1. The summed E-state index contributed by atoms with van der Waals surface area (Å²) in [6, 6.07) is 11.9. The van der Waals surface area contributed by atoms with Crippen LogP contribution in [0.3, 0.4) is 0 Å². The molecule has 0 unspecified atom stereocenters. The molecule has 29 heavy (non-hydrogen) atoms. The largest absolute Gasteiger partial charge is 0.326 e. The van der Waals surface area contributed by atoms with Crippen LogP contribution in [0.2, 0.25) is 0 Å². The lowest BCUT2D eigenvalue weighted by Gasteiger charge is -2.30. The van der Waals surface area contributed by atoms with Gasteiger partial charge in [-0.15, -0.1) is 0 Å². The maximum Gasteiger partial charge on any atom is 0.238 e. The Labute approximate surface area is 181 Å². The van der Waals surface area contributed by atoms with Crippen molar-refractivity contribution < 1.29 is 9.59 Å². The molecule has 2 aromatic carbocycles. The molecule has 0 bridgehead atoms. The summed E-state index contributed by atoms with van der Waals surface area (Å²) < 4.78 is 1.00. The number of rotatable bonds is 5. The fourth-order valence-electron chi connectivity index (χ4n) is 3.70. The molecule has 0 radical (unpaired) electrons. The number of anilines is 2. The number of nitrogens with zero attached hydrogens (tertiary/aromatic N) is 1. The zero-order chi connectivity index (χ0) is 21.0. The van der Waals surface area contributed by atoms with E-state index < -0.39 is 0 Å². The summed E-state index contributed by atoms with van der Waals surface area (Å²) in [5.74, 6) is 0.0387. The van der Waals surface area contributed by atoms with Gasteiger partial charge in [0, 0.05) is 21.8 Å². The summed E-state index contributed by atoms with van der Waals surface area (Å²) in [4.78, 5) is 27.1. The molecule has 5 nitrogen and oxygen atoms in total. The van der Waals surface area contributed by atoms with Crippen LogP contribution in [-0.2, 0) is 9.59 Å². The van der Waals surface area contributed by atoms with Crippen LogP contribution in [0.1, 0.15) is 29.5 Å². The number of aryl methyl sites for hydroxylation is 3. The maximum atomic E-state index is 12.6. The highest BCUT2D eigenvalue weighted by Gasteiger charge is 2.26. The van der Waals surface area contributed by atoms with Gasteiger partial charge < -0.3 is 10.6 Å². The lowest BCUT2D eigenvalue weighted by Crippen LogP contribution is -2.41. The summed E-state index contributed by atoms with van der Waals surface area (Å²) in [6.07, 6.45) is 1.52. The summed E-state index contributed by atoms with van der Waals surface area (Å²) in [7, 11) is 0. The SMILES string of the molecule is Cc1ccc(NC(=O)CN2CCC(C(=O)Nc3ccc(Br)cc3C)CC2)c(C)c1. The van der Waals surface area contributed by atoms with Crippen molar-refractivity contribution >= 4 is 39.1 Å². The van der Waals surface area contributed by atoms with Crippen LogP contribution in [0.5, 0.6) is 0 Å². The fourth-order valence-corrected chi connectivity index (χ4v) is 4.18. The van der Waals surface area contributed by atoms with Gasteiger partial charge in [0.05, 0.1) is 6.54 Å². The first-order chi connectivity index (χ1) is 13.8. The zero-order valence-corrected chi connectivity index (χ0v) is 18.8. The van der Waals surface area contributed by atoms with Crippen molar-refractivity contribution in [2.24, 2.45) is 5.92 Å². The van der Waals surface area contributed by atoms with Crippen molar-refractivity contribution in [3.63, 3.8) is 0 Å². The fraction of sp³-hybridized carbons (Fsp3) is 0.391. The molecular weight excluding hydrogens is 430 g/mol. The first-order valence-corrected chi connectivity index (χ1v) is 10.8. The van der Waals surface area contributed by atoms with Crippen molar-refractivity contribution in [2.45, 2.75) is 33.6 Å². The van der Waals surface area contributed by atoms with Gasteiger partial charge in [-0.25, -0.2) is 0 Å². The molecule has 6 heteroatoms. The Morgan fingerprint density at radius 2 is 1.59 bits per heavy atom. The van der Waals surface area contributed by atoms with Crippen LogP contribution in [0.15, 0.2) is 40.9 Å². The van der Waals surface area contributed by atoms with Crippen LogP contribution in [0, 0.1) is 26.7 Å². The Morgan fingerprint density at radius 3 is 2.24 bits per heavy atom. The molecule has 1 aliphatic rings. The monoisotopic (exact) mass is 457 g/mol. The van der Waals surface area contributed by atoms with E-state index in [0.29, 0.717) is 6.54 Å². The third-order valence-corrected chi connectivity index (χ3v) is 5.92. The van der Waals surface area contributed by atoms with Gasteiger partial charge in [0.25, 0.3) is 0 Å². The van der Waals surface area contributed by atoms with Gasteiger partial charge in [0.1, 0.15) is 0 Å². The minimum Gasteiger partial charge on any atom is -0.326 e. The standard InChI is InChI=1S/C23H28BrN3O2/c1-15-4-6-20(16(2)12-15)25-22(28)14-27-10-8-18(9-11-27)23(29)26-21-7-5-19(24)13-17(21)3/h4-7,12-13,18H,8-11,14H2,1-3H3,(H,25,28)(H,26,29). The van der Waals surface area contributed by atoms with Crippen molar-refractivity contribution in [1.82, 2.24) is 4.90 Å². The van der Waals surface area contributed by atoms with E-state index in [1.54, 1.807) is 0 Å². The number of nitrogens with one attached hydrogen (secondary N) is 2. The molecule has 154 valence electrons. The van der Waals surface area contributed by atoms with Gasteiger partial charge in [-0.2, -0.15) is 0 Å². The smallest absolute Gasteiger partial charge is 0.238 e. The van der Waals surface area contributed by atoms with E-state index in [4.69, 9.17) is 0 Å². The number of carbonyl (C=O) groups excluding carboxylic acids is 2. The highest BCUT2D eigenvalue weighted by atomic mass is 79.9. The number of benzene rings is 2. The van der Waals surface area contributed by atoms with E-state index in [9.17, 15) is 9.59 Å². The molecule has 0 atom stereocenters. The molecular formula is C23H28BrN3O2. The second-order valence-electron chi connectivity index (χ2n) is 7.87. The number of halogens is 1. The summed E-state index contributed by atoms with van der Waals surface area (Å²) >= 11 is 3.44. The molecule has 0 aromatic heterocycles. The number of hydrogen-bond acceptors (Lipinski definition) is 3.